The fourth-order valence-electron chi connectivity index (χ4n) is 1.50. The zero-order chi connectivity index (χ0) is 14.6. The number of carbonyl (C=O) groups excluding carboxylic acids is 1. The lowest BCUT2D eigenvalue weighted by atomic mass is 9.98. The Labute approximate surface area is 132 Å². The topological polar surface area (TPSA) is 68.0 Å². The molecule has 1 amide bonds. The predicted octanol–water partition coefficient (Wildman–Crippen LogP) is 2.50. The monoisotopic (exact) mass is 319 g/mol. The van der Waals surface area contributed by atoms with Gasteiger partial charge in [0.15, 0.2) is 0 Å². The second-order valence-corrected chi connectivity index (χ2v) is 7.06. The van der Waals surface area contributed by atoms with Gasteiger partial charge in [-0.25, -0.2) is 4.98 Å². The molecule has 0 fully saturated rings. The fourth-order valence-corrected chi connectivity index (χ4v) is 2.44. The van der Waals surface area contributed by atoms with E-state index < -0.39 is 6.04 Å². The van der Waals surface area contributed by atoms with Crippen LogP contribution in [-0.2, 0) is 16.6 Å². The van der Waals surface area contributed by atoms with Crippen LogP contribution in [0.15, 0.2) is 5.38 Å². The zero-order valence-corrected chi connectivity index (χ0v) is 14.5. The molecule has 0 aromatic carbocycles. The molecule has 0 spiro atoms. The number of hydrogen-bond acceptors (Lipinski definition) is 4. The van der Waals surface area contributed by atoms with Gasteiger partial charge < -0.3 is 11.1 Å². The van der Waals surface area contributed by atoms with Gasteiger partial charge in [0.25, 0.3) is 0 Å². The molecule has 6 heteroatoms. The van der Waals surface area contributed by atoms with Crippen LogP contribution in [-0.4, -0.2) is 23.5 Å². The molecule has 1 aromatic rings. The van der Waals surface area contributed by atoms with E-state index in [2.05, 4.69) is 36.5 Å². The molecule has 1 rings (SSSR count). The maximum Gasteiger partial charge on any atom is 0.237 e. The normalized spacial score (nSPS) is 12.9. The van der Waals surface area contributed by atoms with Crippen molar-refractivity contribution in [3.05, 3.63) is 16.1 Å². The Balaban J connectivity index is 0.00000361. The molecule has 0 aliphatic rings. The van der Waals surface area contributed by atoms with Gasteiger partial charge in [0.1, 0.15) is 0 Å². The molecule has 0 unspecified atom stereocenters. The highest BCUT2D eigenvalue weighted by atomic mass is 35.5. The Morgan fingerprint density at radius 1 is 1.45 bits per heavy atom. The molecular formula is C14H26ClN3OS. The largest absolute Gasteiger partial charge is 0.354 e. The highest BCUT2D eigenvalue weighted by molar-refractivity contribution is 7.09. The zero-order valence-electron chi connectivity index (χ0n) is 12.9. The molecule has 0 saturated carbocycles. The minimum absolute atomic E-state index is 0. The molecule has 1 atom stereocenters. The third-order valence-corrected chi connectivity index (χ3v) is 4.21. The van der Waals surface area contributed by atoms with Crippen molar-refractivity contribution in [2.24, 2.45) is 11.7 Å². The van der Waals surface area contributed by atoms with Crippen LogP contribution in [0.2, 0.25) is 0 Å². The fraction of sp³-hybridized carbons (Fsp3) is 0.714. The Morgan fingerprint density at radius 2 is 2.05 bits per heavy atom. The van der Waals surface area contributed by atoms with E-state index in [-0.39, 0.29) is 29.6 Å². The molecule has 3 N–H and O–H groups in total. The van der Waals surface area contributed by atoms with Crippen LogP contribution in [0.25, 0.3) is 0 Å². The Kier molecular flexibility index (Phi) is 7.70. The summed E-state index contributed by atoms with van der Waals surface area (Å²) in [6, 6.07) is -0.430. The van der Waals surface area contributed by atoms with Gasteiger partial charge in [-0.2, -0.15) is 0 Å². The predicted molar refractivity (Wildman–Crippen MR) is 87.6 cm³/mol. The summed E-state index contributed by atoms with van der Waals surface area (Å²) >= 11 is 1.68. The number of carbonyl (C=O) groups is 1. The first-order valence-corrected chi connectivity index (χ1v) is 7.58. The number of thiazole rings is 1. The molecular weight excluding hydrogens is 294 g/mol. The van der Waals surface area contributed by atoms with E-state index in [1.54, 1.807) is 11.3 Å². The van der Waals surface area contributed by atoms with Crippen molar-refractivity contribution in [2.75, 3.05) is 6.54 Å². The first-order valence-electron chi connectivity index (χ1n) is 6.70. The molecule has 0 saturated heterocycles. The number of hydrogen-bond donors (Lipinski definition) is 2. The van der Waals surface area contributed by atoms with Crippen molar-refractivity contribution in [1.29, 1.82) is 0 Å². The van der Waals surface area contributed by atoms with Gasteiger partial charge in [0, 0.05) is 23.8 Å². The Hall–Kier alpha value is -0.650. The van der Waals surface area contributed by atoms with Gasteiger partial charge in [-0.3, -0.25) is 4.79 Å². The van der Waals surface area contributed by atoms with E-state index in [1.807, 2.05) is 13.8 Å². The molecule has 0 aliphatic heterocycles. The smallest absolute Gasteiger partial charge is 0.237 e. The average Bonchev–Trinajstić information content (AvgIpc) is 2.76. The van der Waals surface area contributed by atoms with E-state index in [9.17, 15) is 4.79 Å². The number of aromatic nitrogens is 1. The highest BCUT2D eigenvalue weighted by Gasteiger charge is 2.19. The minimum Gasteiger partial charge on any atom is -0.354 e. The SMILES string of the molecule is CC(C)[C@H](N)C(=O)NCCc1csc(C(C)(C)C)n1.Cl. The minimum atomic E-state index is -0.430. The Morgan fingerprint density at radius 3 is 2.50 bits per heavy atom. The summed E-state index contributed by atoms with van der Waals surface area (Å²) in [6.07, 6.45) is 0.753. The van der Waals surface area contributed by atoms with E-state index in [0.29, 0.717) is 6.54 Å². The summed E-state index contributed by atoms with van der Waals surface area (Å²) in [5.74, 6) is 0.0769. The van der Waals surface area contributed by atoms with Gasteiger partial charge >= 0.3 is 0 Å². The molecule has 1 aromatic heterocycles. The quantitative estimate of drug-likeness (QED) is 0.876. The van der Waals surface area contributed by atoms with Gasteiger partial charge in [-0.05, 0) is 5.92 Å². The maximum absolute atomic E-state index is 11.7. The molecule has 0 bridgehead atoms. The lowest BCUT2D eigenvalue weighted by Gasteiger charge is -2.15. The first-order chi connectivity index (χ1) is 8.71. The number of rotatable bonds is 5. The third-order valence-electron chi connectivity index (χ3n) is 2.89. The lowest BCUT2D eigenvalue weighted by molar-refractivity contribution is -0.123. The van der Waals surface area contributed by atoms with Crippen molar-refractivity contribution < 1.29 is 4.79 Å². The van der Waals surface area contributed by atoms with Crippen LogP contribution in [0.1, 0.15) is 45.3 Å². The van der Waals surface area contributed by atoms with Gasteiger partial charge in [0.05, 0.1) is 16.7 Å². The van der Waals surface area contributed by atoms with Crippen LogP contribution in [0.4, 0.5) is 0 Å². The number of halogens is 1. The first kappa shape index (κ1) is 19.4. The van der Waals surface area contributed by atoms with E-state index in [4.69, 9.17) is 5.73 Å². The second-order valence-electron chi connectivity index (χ2n) is 6.20. The standard InChI is InChI=1S/C14H25N3OS.ClH/c1-9(2)11(15)12(18)16-7-6-10-8-19-13(17-10)14(3,4)5;/h8-9,11H,6-7,15H2,1-5H3,(H,16,18);1H/t11-;/m0./s1. The summed E-state index contributed by atoms with van der Waals surface area (Å²) in [4.78, 5) is 16.3. The van der Waals surface area contributed by atoms with E-state index >= 15 is 0 Å². The van der Waals surface area contributed by atoms with E-state index in [0.717, 1.165) is 17.1 Å². The van der Waals surface area contributed by atoms with Gasteiger partial charge in [-0.1, -0.05) is 34.6 Å². The lowest BCUT2D eigenvalue weighted by Crippen LogP contribution is -2.44. The summed E-state index contributed by atoms with van der Waals surface area (Å²) in [7, 11) is 0. The van der Waals surface area contributed by atoms with Crippen molar-refractivity contribution in [3.8, 4) is 0 Å². The van der Waals surface area contributed by atoms with Crippen molar-refractivity contribution in [1.82, 2.24) is 10.3 Å². The van der Waals surface area contributed by atoms with Gasteiger partial charge in [0.2, 0.25) is 5.91 Å². The number of amides is 1. The third kappa shape index (κ3) is 5.77. The summed E-state index contributed by atoms with van der Waals surface area (Å²) in [5, 5.41) is 6.06. The Bertz CT molecular complexity index is 426. The van der Waals surface area contributed by atoms with Crippen molar-refractivity contribution >= 4 is 29.7 Å². The number of nitrogens with zero attached hydrogens (tertiary/aromatic N) is 1. The summed E-state index contributed by atoms with van der Waals surface area (Å²) in [5.41, 5.74) is 6.90. The van der Waals surface area contributed by atoms with Gasteiger partial charge in [-0.15, -0.1) is 23.7 Å². The van der Waals surface area contributed by atoms with Crippen LogP contribution in [0.3, 0.4) is 0 Å². The van der Waals surface area contributed by atoms with Crippen LogP contribution in [0.5, 0.6) is 0 Å². The summed E-state index contributed by atoms with van der Waals surface area (Å²) < 4.78 is 0. The van der Waals surface area contributed by atoms with Crippen LogP contribution in [0, 0.1) is 5.92 Å². The van der Waals surface area contributed by atoms with Crippen molar-refractivity contribution in [2.45, 2.75) is 52.5 Å². The van der Waals surface area contributed by atoms with Crippen LogP contribution < -0.4 is 11.1 Å². The summed E-state index contributed by atoms with van der Waals surface area (Å²) in [6.45, 7) is 10.9. The molecule has 116 valence electrons. The highest BCUT2D eigenvalue weighted by Crippen LogP contribution is 2.25. The number of nitrogens with two attached hydrogens (primary N) is 1. The van der Waals surface area contributed by atoms with E-state index in [1.165, 1.54) is 0 Å². The molecule has 0 aliphatic carbocycles. The second kappa shape index (κ2) is 7.96. The molecule has 1 heterocycles. The average molecular weight is 320 g/mol. The maximum atomic E-state index is 11.7. The van der Waals surface area contributed by atoms with Crippen molar-refractivity contribution in [3.63, 3.8) is 0 Å². The number of nitrogens with one attached hydrogen (secondary N) is 1. The molecule has 20 heavy (non-hydrogen) atoms. The molecule has 0 radical (unpaired) electrons. The molecule has 4 nitrogen and oxygen atoms in total. The van der Waals surface area contributed by atoms with Crippen LogP contribution >= 0.6 is 23.7 Å².